The minimum atomic E-state index is -0.694. The van der Waals surface area contributed by atoms with Crippen LogP contribution in [0.2, 0.25) is 5.02 Å². The molecule has 0 radical (unpaired) electrons. The summed E-state index contributed by atoms with van der Waals surface area (Å²) in [5.74, 6) is -0.694. The lowest BCUT2D eigenvalue weighted by molar-refractivity contribution is -0.384. The number of benzene rings is 1. The molecule has 2 unspecified atom stereocenters. The Morgan fingerprint density at radius 2 is 2.12 bits per heavy atom. The van der Waals surface area contributed by atoms with Gasteiger partial charge in [0.1, 0.15) is 5.69 Å². The Labute approximate surface area is 146 Å². The first-order chi connectivity index (χ1) is 11.3. The highest BCUT2D eigenvalue weighted by Gasteiger charge is 2.27. The molecule has 1 N–H and O–H groups in total. The quantitative estimate of drug-likeness (QED) is 0.495. The largest absolute Gasteiger partial charge is 0.465 e. The lowest BCUT2D eigenvalue weighted by Gasteiger charge is -2.34. The Balaban J connectivity index is 2.27. The number of methoxy groups -OCH3 is 1. The summed E-state index contributed by atoms with van der Waals surface area (Å²) in [7, 11) is 5.29. The summed E-state index contributed by atoms with van der Waals surface area (Å²) in [6, 6.07) is 3.18. The summed E-state index contributed by atoms with van der Waals surface area (Å²) < 4.78 is 4.61. The van der Waals surface area contributed by atoms with Gasteiger partial charge in [-0.25, -0.2) is 4.79 Å². The van der Waals surface area contributed by atoms with E-state index in [1.54, 1.807) is 0 Å². The zero-order chi connectivity index (χ0) is 17.9. The molecule has 0 heterocycles. The van der Waals surface area contributed by atoms with Gasteiger partial charge in [-0.3, -0.25) is 10.1 Å². The molecule has 0 amide bonds. The lowest BCUT2D eigenvalue weighted by atomic mass is 9.90. The van der Waals surface area contributed by atoms with Gasteiger partial charge in [0.05, 0.1) is 22.6 Å². The Morgan fingerprint density at radius 1 is 1.42 bits per heavy atom. The highest BCUT2D eigenvalue weighted by atomic mass is 35.5. The first kappa shape index (κ1) is 18.5. The standard InChI is InChI=1S/C16H22ClN3O4/c1-19(2)11-6-4-5-10(7-11)18-14-9-13(17)12(16(21)24-3)8-15(14)20(22)23/h8-11,18H,4-7H2,1-3H3. The predicted octanol–water partition coefficient (Wildman–Crippen LogP) is 3.32. The summed E-state index contributed by atoms with van der Waals surface area (Å²) in [4.78, 5) is 24.7. The van der Waals surface area contributed by atoms with Crippen molar-refractivity contribution in [1.82, 2.24) is 4.90 Å². The van der Waals surface area contributed by atoms with Gasteiger partial charge in [-0.1, -0.05) is 11.6 Å². The average molecular weight is 356 g/mol. The number of halogens is 1. The van der Waals surface area contributed by atoms with Crippen LogP contribution >= 0.6 is 11.6 Å². The molecule has 7 nitrogen and oxygen atoms in total. The van der Waals surface area contributed by atoms with E-state index in [0.717, 1.165) is 25.7 Å². The number of nitrogens with one attached hydrogen (secondary N) is 1. The third-order valence-electron chi connectivity index (χ3n) is 4.42. The van der Waals surface area contributed by atoms with E-state index < -0.39 is 10.9 Å². The fourth-order valence-electron chi connectivity index (χ4n) is 3.08. The van der Waals surface area contributed by atoms with Crippen molar-refractivity contribution in [1.29, 1.82) is 0 Å². The molecule has 132 valence electrons. The zero-order valence-corrected chi connectivity index (χ0v) is 14.8. The monoisotopic (exact) mass is 355 g/mol. The molecule has 0 aromatic heterocycles. The maximum absolute atomic E-state index is 11.7. The minimum absolute atomic E-state index is 0.00812. The second-order valence-electron chi connectivity index (χ2n) is 6.22. The fraction of sp³-hybridized carbons (Fsp3) is 0.562. The van der Waals surface area contributed by atoms with Gasteiger partial charge < -0.3 is 15.0 Å². The van der Waals surface area contributed by atoms with Crippen LogP contribution in [-0.4, -0.2) is 49.1 Å². The molecule has 8 heteroatoms. The molecule has 1 saturated carbocycles. The first-order valence-electron chi connectivity index (χ1n) is 7.82. The fourth-order valence-corrected chi connectivity index (χ4v) is 3.32. The maximum Gasteiger partial charge on any atom is 0.339 e. The maximum atomic E-state index is 11.7. The first-order valence-corrected chi connectivity index (χ1v) is 8.20. The lowest BCUT2D eigenvalue weighted by Crippen LogP contribution is -2.38. The van der Waals surface area contributed by atoms with Crippen molar-refractivity contribution in [2.45, 2.75) is 37.8 Å². The van der Waals surface area contributed by atoms with Crippen LogP contribution in [-0.2, 0) is 4.74 Å². The Hall–Kier alpha value is -1.86. The second kappa shape index (κ2) is 7.81. The molecule has 1 aromatic carbocycles. The highest BCUT2D eigenvalue weighted by molar-refractivity contribution is 6.34. The van der Waals surface area contributed by atoms with E-state index in [1.165, 1.54) is 19.2 Å². The number of nitro benzene ring substituents is 1. The molecule has 0 spiro atoms. The Kier molecular flexibility index (Phi) is 6.01. The van der Waals surface area contributed by atoms with Crippen LogP contribution in [0, 0.1) is 10.1 Å². The van der Waals surface area contributed by atoms with E-state index in [2.05, 4.69) is 15.0 Å². The van der Waals surface area contributed by atoms with Crippen LogP contribution in [0.5, 0.6) is 0 Å². The highest BCUT2D eigenvalue weighted by Crippen LogP contribution is 2.34. The number of ether oxygens (including phenoxy) is 1. The second-order valence-corrected chi connectivity index (χ2v) is 6.63. The molecule has 0 aliphatic heterocycles. The van der Waals surface area contributed by atoms with Crippen LogP contribution < -0.4 is 5.32 Å². The number of carbonyl (C=O) groups excluding carboxylic acids is 1. The van der Waals surface area contributed by atoms with Crippen molar-refractivity contribution in [3.8, 4) is 0 Å². The smallest absolute Gasteiger partial charge is 0.339 e. The molecule has 2 rings (SSSR count). The number of rotatable bonds is 5. The summed E-state index contributed by atoms with van der Waals surface area (Å²) in [6.45, 7) is 0. The summed E-state index contributed by atoms with van der Waals surface area (Å²) >= 11 is 6.10. The van der Waals surface area contributed by atoms with E-state index >= 15 is 0 Å². The molecular weight excluding hydrogens is 334 g/mol. The van der Waals surface area contributed by atoms with E-state index in [9.17, 15) is 14.9 Å². The van der Waals surface area contributed by atoms with Crippen molar-refractivity contribution in [3.63, 3.8) is 0 Å². The number of hydrogen-bond acceptors (Lipinski definition) is 6. The zero-order valence-electron chi connectivity index (χ0n) is 14.0. The Bertz CT molecular complexity index is 636. The number of nitrogens with zero attached hydrogens (tertiary/aromatic N) is 2. The average Bonchev–Trinajstić information content (AvgIpc) is 2.54. The van der Waals surface area contributed by atoms with Gasteiger partial charge in [0, 0.05) is 18.2 Å². The molecule has 1 fully saturated rings. The van der Waals surface area contributed by atoms with Crippen LogP contribution in [0.15, 0.2) is 12.1 Å². The van der Waals surface area contributed by atoms with Crippen molar-refractivity contribution in [2.75, 3.05) is 26.5 Å². The number of carbonyl (C=O) groups is 1. The van der Waals surface area contributed by atoms with Crippen molar-refractivity contribution < 1.29 is 14.5 Å². The van der Waals surface area contributed by atoms with Crippen LogP contribution in [0.3, 0.4) is 0 Å². The third-order valence-corrected chi connectivity index (χ3v) is 4.74. The van der Waals surface area contributed by atoms with Gasteiger partial charge >= 0.3 is 5.97 Å². The van der Waals surface area contributed by atoms with E-state index in [4.69, 9.17) is 11.6 Å². The van der Waals surface area contributed by atoms with Crippen molar-refractivity contribution in [3.05, 3.63) is 32.8 Å². The minimum Gasteiger partial charge on any atom is -0.465 e. The molecule has 1 aromatic rings. The topological polar surface area (TPSA) is 84.7 Å². The number of esters is 1. The van der Waals surface area contributed by atoms with Gasteiger partial charge in [0.25, 0.3) is 5.69 Å². The van der Waals surface area contributed by atoms with Crippen molar-refractivity contribution >= 4 is 28.9 Å². The van der Waals surface area contributed by atoms with Gasteiger partial charge in [-0.2, -0.15) is 0 Å². The molecule has 2 atom stereocenters. The number of nitro groups is 1. The molecule has 0 saturated heterocycles. The van der Waals surface area contributed by atoms with Gasteiger partial charge in [-0.15, -0.1) is 0 Å². The van der Waals surface area contributed by atoms with Crippen LogP contribution in [0.4, 0.5) is 11.4 Å². The van der Waals surface area contributed by atoms with Gasteiger partial charge in [0.15, 0.2) is 0 Å². The van der Waals surface area contributed by atoms with Gasteiger partial charge in [0.2, 0.25) is 0 Å². The normalized spacial score (nSPS) is 20.7. The molecule has 1 aliphatic carbocycles. The number of anilines is 1. The number of hydrogen-bond donors (Lipinski definition) is 1. The molecule has 24 heavy (non-hydrogen) atoms. The molecular formula is C16H22ClN3O4. The van der Waals surface area contributed by atoms with Crippen LogP contribution in [0.1, 0.15) is 36.0 Å². The summed E-state index contributed by atoms with van der Waals surface area (Å²) in [5, 5.41) is 14.7. The predicted molar refractivity (Wildman–Crippen MR) is 92.8 cm³/mol. The SMILES string of the molecule is COC(=O)c1cc([N+](=O)[O-])c(NC2CCCC(N(C)C)C2)cc1Cl. The van der Waals surface area contributed by atoms with Gasteiger partial charge in [-0.05, 0) is 45.8 Å². The summed E-state index contributed by atoms with van der Waals surface area (Å²) in [6.07, 6.45) is 4.02. The Morgan fingerprint density at radius 3 is 2.71 bits per heavy atom. The van der Waals surface area contributed by atoms with E-state index in [1.807, 2.05) is 14.1 Å². The van der Waals surface area contributed by atoms with E-state index in [0.29, 0.717) is 11.7 Å². The third kappa shape index (κ3) is 4.15. The van der Waals surface area contributed by atoms with Crippen LogP contribution in [0.25, 0.3) is 0 Å². The molecule has 1 aliphatic rings. The van der Waals surface area contributed by atoms with Crippen molar-refractivity contribution in [2.24, 2.45) is 0 Å². The van der Waals surface area contributed by atoms with E-state index in [-0.39, 0.29) is 22.3 Å². The molecule has 0 bridgehead atoms. The summed E-state index contributed by atoms with van der Waals surface area (Å²) in [5.41, 5.74) is 0.153.